The van der Waals surface area contributed by atoms with Gasteiger partial charge >= 0.3 is 0 Å². The first kappa shape index (κ1) is 19.0. The van der Waals surface area contributed by atoms with Crippen LogP contribution in [0.5, 0.6) is 0 Å². The Labute approximate surface area is 170 Å². The van der Waals surface area contributed by atoms with E-state index in [9.17, 15) is 13.2 Å². The van der Waals surface area contributed by atoms with Crippen LogP contribution in [0, 0.1) is 0 Å². The molecule has 4 rings (SSSR count). The molecule has 0 saturated carbocycles. The van der Waals surface area contributed by atoms with Gasteiger partial charge in [-0.15, -0.1) is 16.4 Å². The lowest BCUT2D eigenvalue weighted by atomic mass is 10.1. The molecule has 12 heteroatoms. The fraction of sp³-hybridized carbons (Fsp3) is 0.250. The zero-order valence-corrected chi connectivity index (χ0v) is 16.9. The molecular weight excluding hydrogens is 424 g/mol. The molecule has 1 saturated heterocycles. The van der Waals surface area contributed by atoms with Crippen molar-refractivity contribution in [2.45, 2.75) is 4.21 Å². The molecule has 3 heterocycles. The van der Waals surface area contributed by atoms with Crippen LogP contribution in [0.15, 0.2) is 46.9 Å². The number of halogens is 1. The highest BCUT2D eigenvalue weighted by Crippen LogP contribution is 2.28. The summed E-state index contributed by atoms with van der Waals surface area (Å²) < 4.78 is 28.8. The molecule has 0 N–H and O–H groups in total. The van der Waals surface area contributed by atoms with Crippen LogP contribution in [0.3, 0.4) is 0 Å². The highest BCUT2D eigenvalue weighted by Gasteiger charge is 2.31. The first-order valence-electron chi connectivity index (χ1n) is 8.33. The van der Waals surface area contributed by atoms with Crippen molar-refractivity contribution in [2.75, 3.05) is 26.2 Å². The number of carbonyl (C=O) groups excluding carboxylic acids is 1. The van der Waals surface area contributed by atoms with Gasteiger partial charge in [-0.3, -0.25) is 4.79 Å². The van der Waals surface area contributed by atoms with Gasteiger partial charge < -0.3 is 4.90 Å². The molecule has 0 bridgehead atoms. The molecule has 3 aromatic rings. The van der Waals surface area contributed by atoms with E-state index in [2.05, 4.69) is 15.5 Å². The largest absolute Gasteiger partial charge is 0.336 e. The summed E-state index contributed by atoms with van der Waals surface area (Å²) in [5.41, 5.74) is 1.27. The number of hydrogen-bond donors (Lipinski definition) is 0. The van der Waals surface area contributed by atoms with Crippen molar-refractivity contribution in [1.82, 2.24) is 29.4 Å². The monoisotopic (exact) mass is 438 g/mol. The number of piperazine rings is 1. The summed E-state index contributed by atoms with van der Waals surface area (Å²) in [7, 11) is -3.58. The summed E-state index contributed by atoms with van der Waals surface area (Å²) in [6.45, 7) is 1.14. The second-order valence-electron chi connectivity index (χ2n) is 6.06. The van der Waals surface area contributed by atoms with E-state index in [1.54, 1.807) is 35.2 Å². The van der Waals surface area contributed by atoms with E-state index in [4.69, 9.17) is 11.6 Å². The molecule has 0 atom stereocenters. The molecule has 1 aliphatic rings. The molecule has 9 nitrogen and oxygen atoms in total. The second kappa shape index (κ2) is 7.59. The lowest BCUT2D eigenvalue weighted by Crippen LogP contribution is -2.50. The maximum Gasteiger partial charge on any atom is 0.253 e. The van der Waals surface area contributed by atoms with E-state index in [1.807, 2.05) is 0 Å². The predicted octanol–water partition coefficient (Wildman–Crippen LogP) is 1.52. The van der Waals surface area contributed by atoms with Gasteiger partial charge in [-0.1, -0.05) is 11.6 Å². The summed E-state index contributed by atoms with van der Waals surface area (Å²) in [4.78, 5) is 14.4. The van der Waals surface area contributed by atoms with Crippen molar-refractivity contribution in [3.05, 3.63) is 52.6 Å². The molecule has 0 spiro atoms. The van der Waals surface area contributed by atoms with E-state index in [-0.39, 0.29) is 23.2 Å². The predicted molar refractivity (Wildman–Crippen MR) is 103 cm³/mol. The van der Waals surface area contributed by atoms with Gasteiger partial charge in [0.1, 0.15) is 10.5 Å². The summed E-state index contributed by atoms with van der Waals surface area (Å²) in [5, 5.41) is 11.0. The number of benzene rings is 1. The minimum absolute atomic E-state index is 0.139. The van der Waals surface area contributed by atoms with Crippen molar-refractivity contribution in [3.8, 4) is 5.69 Å². The van der Waals surface area contributed by atoms with E-state index >= 15 is 0 Å². The highest BCUT2D eigenvalue weighted by molar-refractivity contribution is 7.91. The molecule has 1 amide bonds. The average Bonchev–Trinajstić information content (AvgIpc) is 3.40. The maximum atomic E-state index is 12.7. The van der Waals surface area contributed by atoms with Crippen molar-refractivity contribution in [2.24, 2.45) is 0 Å². The fourth-order valence-electron chi connectivity index (χ4n) is 2.91. The van der Waals surface area contributed by atoms with Gasteiger partial charge in [0.05, 0.1) is 10.0 Å². The molecule has 0 radical (unpaired) electrons. The molecule has 2 aromatic heterocycles. The van der Waals surface area contributed by atoms with Crippen LogP contribution >= 0.6 is 22.9 Å². The minimum Gasteiger partial charge on any atom is -0.336 e. The molecular formula is C16H15ClN6O3S2. The zero-order chi connectivity index (χ0) is 19.7. The van der Waals surface area contributed by atoms with Crippen LogP contribution in [0.25, 0.3) is 5.69 Å². The van der Waals surface area contributed by atoms with E-state index in [0.29, 0.717) is 23.0 Å². The lowest BCUT2D eigenvalue weighted by molar-refractivity contribution is 0.0698. The quantitative estimate of drug-likeness (QED) is 0.612. The van der Waals surface area contributed by atoms with E-state index in [1.165, 1.54) is 21.4 Å². The average molecular weight is 439 g/mol. The maximum absolute atomic E-state index is 12.7. The number of carbonyl (C=O) groups is 1. The summed E-state index contributed by atoms with van der Waals surface area (Å²) in [5.74, 6) is -0.139. The zero-order valence-electron chi connectivity index (χ0n) is 14.5. The molecule has 1 aliphatic heterocycles. The Morgan fingerprint density at radius 1 is 1.04 bits per heavy atom. The topological polar surface area (TPSA) is 101 Å². The molecule has 1 aromatic carbocycles. The van der Waals surface area contributed by atoms with Gasteiger partial charge in [0, 0.05) is 31.7 Å². The SMILES string of the molecule is O=C(c1ccc(-n2cnnn2)cc1)N1CCN(S(=O)(=O)c2ccc(Cl)s2)CC1. The van der Waals surface area contributed by atoms with Crippen molar-refractivity contribution in [3.63, 3.8) is 0 Å². The molecule has 28 heavy (non-hydrogen) atoms. The third-order valence-corrected chi connectivity index (χ3v) is 7.99. The number of thiophene rings is 1. The third kappa shape index (κ3) is 3.65. The van der Waals surface area contributed by atoms with Crippen molar-refractivity contribution < 1.29 is 13.2 Å². The first-order valence-corrected chi connectivity index (χ1v) is 11.0. The number of sulfonamides is 1. The molecule has 0 unspecified atom stereocenters. The van der Waals surface area contributed by atoms with Gasteiger partial charge in [0.25, 0.3) is 15.9 Å². The Hall–Kier alpha value is -2.34. The molecule has 1 fully saturated rings. The van der Waals surface area contributed by atoms with Crippen LogP contribution in [-0.2, 0) is 10.0 Å². The number of nitrogens with zero attached hydrogens (tertiary/aromatic N) is 6. The van der Waals surface area contributed by atoms with Gasteiger partial charge in [-0.2, -0.15) is 4.31 Å². The summed E-state index contributed by atoms with van der Waals surface area (Å²) in [6.07, 6.45) is 1.47. The summed E-state index contributed by atoms with van der Waals surface area (Å²) in [6, 6.07) is 9.99. The number of rotatable bonds is 4. The lowest BCUT2D eigenvalue weighted by Gasteiger charge is -2.33. The Kier molecular flexibility index (Phi) is 5.15. The molecule has 0 aliphatic carbocycles. The third-order valence-electron chi connectivity index (χ3n) is 4.40. The van der Waals surface area contributed by atoms with Gasteiger partial charge in [-0.05, 0) is 46.8 Å². The Morgan fingerprint density at radius 2 is 1.75 bits per heavy atom. The van der Waals surface area contributed by atoms with E-state index in [0.717, 1.165) is 17.0 Å². The Bertz CT molecular complexity index is 1070. The van der Waals surface area contributed by atoms with Crippen LogP contribution in [0.1, 0.15) is 10.4 Å². The van der Waals surface area contributed by atoms with Crippen molar-refractivity contribution in [1.29, 1.82) is 0 Å². The minimum atomic E-state index is -3.58. The van der Waals surface area contributed by atoms with Crippen LogP contribution < -0.4 is 0 Å². The second-order valence-corrected chi connectivity index (χ2v) is 9.94. The van der Waals surface area contributed by atoms with Crippen LogP contribution in [0.4, 0.5) is 0 Å². The highest BCUT2D eigenvalue weighted by atomic mass is 35.5. The fourth-order valence-corrected chi connectivity index (χ4v) is 5.97. The van der Waals surface area contributed by atoms with Gasteiger partial charge in [0.15, 0.2) is 0 Å². The van der Waals surface area contributed by atoms with Crippen LogP contribution in [-0.4, -0.2) is 69.9 Å². The number of hydrogen-bond acceptors (Lipinski definition) is 7. The van der Waals surface area contributed by atoms with Crippen molar-refractivity contribution >= 4 is 38.9 Å². The van der Waals surface area contributed by atoms with Crippen LogP contribution in [0.2, 0.25) is 4.34 Å². The normalized spacial score (nSPS) is 15.7. The standard InChI is InChI=1S/C16H15ClN6O3S2/c17-14-5-6-15(27-14)28(25,26)22-9-7-21(8-10-22)16(24)12-1-3-13(4-2-12)23-11-18-19-20-23/h1-6,11H,7-10H2. The van der Waals surface area contributed by atoms with Gasteiger partial charge in [0.2, 0.25) is 0 Å². The smallest absolute Gasteiger partial charge is 0.253 e. The number of aromatic nitrogens is 4. The number of amides is 1. The van der Waals surface area contributed by atoms with Gasteiger partial charge in [-0.25, -0.2) is 13.1 Å². The Morgan fingerprint density at radius 3 is 2.32 bits per heavy atom. The molecule has 146 valence electrons. The first-order chi connectivity index (χ1) is 13.4. The summed E-state index contributed by atoms with van der Waals surface area (Å²) >= 11 is 6.88. The Balaban J connectivity index is 1.41. The number of tetrazole rings is 1. The van der Waals surface area contributed by atoms with E-state index < -0.39 is 10.0 Å².